The summed E-state index contributed by atoms with van der Waals surface area (Å²) in [5.41, 5.74) is 3.94. The number of hydrogen-bond donors (Lipinski definition) is 2. The van der Waals surface area contributed by atoms with Crippen LogP contribution in [-0.2, 0) is 23.9 Å². The number of thiol groups is 1. The molecule has 1 aromatic heterocycles. The average Bonchev–Trinajstić information content (AvgIpc) is 3.22. The number of hydrogen-bond acceptors (Lipinski definition) is 5. The first-order chi connectivity index (χ1) is 14.5. The topological polar surface area (TPSA) is 88.6 Å². The highest BCUT2D eigenvalue weighted by molar-refractivity contribution is 7.74. The molecule has 1 N–H and O–H groups in total. The Labute approximate surface area is 176 Å². The highest BCUT2D eigenvalue weighted by atomic mass is 32.2. The smallest absolute Gasteiger partial charge is 0.251 e. The summed E-state index contributed by atoms with van der Waals surface area (Å²) in [6.45, 7) is 2.74. The molecule has 0 saturated heterocycles. The van der Waals surface area contributed by atoms with Crippen molar-refractivity contribution in [2.24, 2.45) is 0 Å². The number of carbonyl (C=O) groups excluding carboxylic acids is 1. The lowest BCUT2D eigenvalue weighted by atomic mass is 10.1. The second kappa shape index (κ2) is 8.54. The van der Waals surface area contributed by atoms with Crippen LogP contribution >= 0.6 is 0 Å². The molecule has 2 heterocycles. The molecule has 154 valence electrons. The lowest BCUT2D eigenvalue weighted by molar-refractivity contribution is 0.0951. The SMILES string of the molecule is Cc1ccc(C(=O)NCc2cccnc2)cc1N(c1ccc2c(c1)CCO2)[SH](=O)=O. The van der Waals surface area contributed by atoms with Gasteiger partial charge in [0.05, 0.1) is 18.0 Å². The fourth-order valence-electron chi connectivity index (χ4n) is 3.39. The molecule has 2 aromatic carbocycles. The first-order valence-corrected chi connectivity index (χ1v) is 10.6. The third kappa shape index (κ3) is 4.13. The summed E-state index contributed by atoms with van der Waals surface area (Å²) in [4.78, 5) is 16.7. The van der Waals surface area contributed by atoms with Gasteiger partial charge >= 0.3 is 0 Å². The molecule has 7 nitrogen and oxygen atoms in total. The third-order valence-electron chi connectivity index (χ3n) is 4.96. The van der Waals surface area contributed by atoms with Crippen molar-refractivity contribution in [2.75, 3.05) is 10.9 Å². The Kier molecular flexibility index (Phi) is 5.67. The molecule has 0 atom stereocenters. The van der Waals surface area contributed by atoms with Crippen LogP contribution < -0.4 is 14.4 Å². The summed E-state index contributed by atoms with van der Waals surface area (Å²) < 4.78 is 31.1. The minimum Gasteiger partial charge on any atom is -0.493 e. The van der Waals surface area contributed by atoms with Gasteiger partial charge in [-0.3, -0.25) is 9.78 Å². The first-order valence-electron chi connectivity index (χ1n) is 9.51. The van der Waals surface area contributed by atoms with Gasteiger partial charge in [0.1, 0.15) is 5.75 Å². The van der Waals surface area contributed by atoms with E-state index >= 15 is 0 Å². The number of nitrogens with one attached hydrogen (secondary N) is 1. The molecule has 30 heavy (non-hydrogen) atoms. The van der Waals surface area contributed by atoms with E-state index in [2.05, 4.69) is 10.3 Å². The van der Waals surface area contributed by atoms with Gasteiger partial charge in [0.25, 0.3) is 5.91 Å². The fraction of sp³-hybridized carbons (Fsp3) is 0.182. The maximum atomic E-state index is 12.6. The number of aromatic nitrogens is 1. The van der Waals surface area contributed by atoms with Gasteiger partial charge in [-0.1, -0.05) is 12.1 Å². The number of ether oxygens (including phenoxy) is 1. The molecule has 1 aliphatic rings. The van der Waals surface area contributed by atoms with E-state index in [1.807, 2.05) is 19.1 Å². The third-order valence-corrected chi connectivity index (χ3v) is 5.73. The molecule has 0 fully saturated rings. The molecule has 1 aliphatic heterocycles. The van der Waals surface area contributed by atoms with Crippen LogP contribution in [0.3, 0.4) is 0 Å². The Hall–Kier alpha value is -3.39. The number of fused-ring (bicyclic) bond motifs is 1. The van der Waals surface area contributed by atoms with Crippen LogP contribution in [0, 0.1) is 6.92 Å². The maximum Gasteiger partial charge on any atom is 0.251 e. The van der Waals surface area contributed by atoms with Crippen LogP contribution in [0.1, 0.15) is 27.0 Å². The molecule has 4 rings (SSSR count). The van der Waals surface area contributed by atoms with Crippen molar-refractivity contribution >= 4 is 28.2 Å². The maximum absolute atomic E-state index is 12.6. The number of aryl methyl sites for hydroxylation is 1. The van der Waals surface area contributed by atoms with Crippen molar-refractivity contribution < 1.29 is 17.9 Å². The van der Waals surface area contributed by atoms with Crippen LogP contribution in [-0.4, -0.2) is 25.9 Å². The van der Waals surface area contributed by atoms with Crippen LogP contribution in [0.2, 0.25) is 0 Å². The summed E-state index contributed by atoms with van der Waals surface area (Å²) in [7, 11) is -2.96. The molecular weight excluding hydrogens is 402 g/mol. The highest BCUT2D eigenvalue weighted by Gasteiger charge is 2.20. The summed E-state index contributed by atoms with van der Waals surface area (Å²) >= 11 is 0. The fourth-order valence-corrected chi connectivity index (χ4v) is 4.10. The zero-order valence-electron chi connectivity index (χ0n) is 16.4. The van der Waals surface area contributed by atoms with Gasteiger partial charge < -0.3 is 10.1 Å². The quantitative estimate of drug-likeness (QED) is 0.595. The number of rotatable bonds is 6. The molecular formula is C22H21N3O4S. The standard InChI is InChI=1S/C22H21N3O4S/c1-15-4-5-18(22(26)24-14-16-3-2-9-23-13-16)12-20(15)25(30(27)28)19-6-7-21-17(11-19)8-10-29-21/h2-7,9,11-13,30H,8,10,14H2,1H3,(H,24,26). The summed E-state index contributed by atoms with van der Waals surface area (Å²) in [6, 6.07) is 14.0. The lowest BCUT2D eigenvalue weighted by Crippen LogP contribution is -2.23. The van der Waals surface area contributed by atoms with E-state index in [0.29, 0.717) is 30.1 Å². The van der Waals surface area contributed by atoms with Gasteiger partial charge in [0.2, 0.25) is 10.9 Å². The number of benzene rings is 2. The number of amides is 1. The Bertz CT molecular complexity index is 1150. The zero-order valence-corrected chi connectivity index (χ0v) is 17.3. The summed E-state index contributed by atoms with van der Waals surface area (Å²) in [5, 5.41) is 2.84. The minimum atomic E-state index is -2.96. The molecule has 8 heteroatoms. The number of pyridine rings is 1. The van der Waals surface area contributed by atoms with E-state index in [1.165, 1.54) is 4.31 Å². The van der Waals surface area contributed by atoms with E-state index in [9.17, 15) is 13.2 Å². The molecule has 0 bridgehead atoms. The van der Waals surface area contributed by atoms with Crippen LogP contribution in [0.4, 0.5) is 11.4 Å². The Morgan fingerprint density at radius 1 is 1.20 bits per heavy atom. The van der Waals surface area contributed by atoms with Crippen molar-refractivity contribution in [3.63, 3.8) is 0 Å². The van der Waals surface area contributed by atoms with Gasteiger partial charge in [-0.05, 0) is 60.0 Å². The van der Waals surface area contributed by atoms with E-state index in [0.717, 1.165) is 28.9 Å². The normalized spacial score (nSPS) is 12.3. The van der Waals surface area contributed by atoms with Crippen molar-refractivity contribution in [3.05, 3.63) is 83.2 Å². The van der Waals surface area contributed by atoms with Crippen molar-refractivity contribution in [1.29, 1.82) is 0 Å². The second-order valence-electron chi connectivity index (χ2n) is 6.99. The Morgan fingerprint density at radius 3 is 2.83 bits per heavy atom. The van der Waals surface area contributed by atoms with Crippen molar-refractivity contribution in [2.45, 2.75) is 19.9 Å². The van der Waals surface area contributed by atoms with Gasteiger partial charge in [-0.15, -0.1) is 0 Å². The summed E-state index contributed by atoms with van der Waals surface area (Å²) in [5.74, 6) is 0.489. The number of anilines is 2. The predicted octanol–water partition coefficient (Wildman–Crippen LogP) is 2.92. The van der Waals surface area contributed by atoms with Crippen LogP contribution in [0.15, 0.2) is 60.9 Å². The molecule has 3 aromatic rings. The molecule has 0 aliphatic carbocycles. The monoisotopic (exact) mass is 423 g/mol. The van der Waals surface area contributed by atoms with E-state index in [-0.39, 0.29) is 5.91 Å². The predicted molar refractivity (Wildman–Crippen MR) is 115 cm³/mol. The van der Waals surface area contributed by atoms with Crippen molar-refractivity contribution in [1.82, 2.24) is 10.3 Å². The van der Waals surface area contributed by atoms with Gasteiger partial charge in [0.15, 0.2) is 0 Å². The molecule has 0 spiro atoms. The van der Waals surface area contributed by atoms with E-state index in [1.54, 1.807) is 48.8 Å². The van der Waals surface area contributed by atoms with Gasteiger partial charge in [-0.2, -0.15) is 0 Å². The Morgan fingerprint density at radius 2 is 2.07 bits per heavy atom. The van der Waals surface area contributed by atoms with Gasteiger partial charge in [0, 0.05) is 30.9 Å². The van der Waals surface area contributed by atoms with Crippen LogP contribution in [0.5, 0.6) is 5.75 Å². The molecule has 1 amide bonds. The van der Waals surface area contributed by atoms with E-state index < -0.39 is 10.9 Å². The number of nitrogens with zero attached hydrogens (tertiary/aromatic N) is 2. The summed E-state index contributed by atoms with van der Waals surface area (Å²) in [6.07, 6.45) is 4.09. The first kappa shape index (κ1) is 19.9. The zero-order chi connectivity index (χ0) is 21.1. The highest BCUT2D eigenvalue weighted by Crippen LogP contribution is 2.34. The number of carbonyl (C=O) groups is 1. The van der Waals surface area contributed by atoms with Crippen molar-refractivity contribution in [3.8, 4) is 5.75 Å². The minimum absolute atomic E-state index is 0.288. The van der Waals surface area contributed by atoms with E-state index in [4.69, 9.17) is 4.74 Å². The molecule has 0 unspecified atom stereocenters. The van der Waals surface area contributed by atoms with Gasteiger partial charge in [-0.25, -0.2) is 12.7 Å². The second-order valence-corrected chi connectivity index (χ2v) is 7.86. The largest absolute Gasteiger partial charge is 0.493 e. The average molecular weight is 423 g/mol. The molecule has 0 saturated carbocycles. The molecule has 0 radical (unpaired) electrons. The van der Waals surface area contributed by atoms with Crippen LogP contribution in [0.25, 0.3) is 0 Å². The lowest BCUT2D eigenvalue weighted by Gasteiger charge is -2.21. The Balaban J connectivity index is 1.63.